The maximum absolute atomic E-state index is 13.8. The number of carbonyl (C=O) groups excluding carboxylic acids is 1. The lowest BCUT2D eigenvalue weighted by Crippen LogP contribution is -2.45. The molecule has 2 unspecified atom stereocenters. The summed E-state index contributed by atoms with van der Waals surface area (Å²) in [5.41, 5.74) is 6.77. The second kappa shape index (κ2) is 5.71. The Labute approximate surface area is 155 Å². The third-order valence-electron chi connectivity index (χ3n) is 4.84. The Bertz CT molecular complexity index is 942. The van der Waals surface area contributed by atoms with Crippen molar-refractivity contribution in [3.8, 4) is 16.9 Å². The van der Waals surface area contributed by atoms with Crippen molar-refractivity contribution in [3.05, 3.63) is 52.8 Å². The largest absolute Gasteiger partial charge is 0.490 e. The zero-order valence-corrected chi connectivity index (χ0v) is 15.0. The second-order valence-electron chi connectivity index (χ2n) is 6.70. The lowest BCUT2D eigenvalue weighted by molar-refractivity contribution is -0.132. The summed E-state index contributed by atoms with van der Waals surface area (Å²) < 4.78 is 19.6. The first kappa shape index (κ1) is 16.8. The molecule has 0 saturated carbocycles. The molecule has 2 atom stereocenters. The standard InChI is InChI=1S/C19H17ClFN3O2/c1-10-9-19(17(25)24(2)18(22)23-19)15-7-11(3-4-16(15)26-10)12-5-13(20)8-14(21)6-12/h3-8,10H,9H2,1-2H3,(H2,22,23). The van der Waals surface area contributed by atoms with E-state index in [0.717, 1.165) is 5.56 Å². The predicted molar refractivity (Wildman–Crippen MR) is 97.6 cm³/mol. The molecule has 2 aromatic rings. The summed E-state index contributed by atoms with van der Waals surface area (Å²) in [6, 6.07) is 9.71. The number of aliphatic imine (C=N–C) groups is 1. The quantitative estimate of drug-likeness (QED) is 0.834. The number of carbonyl (C=O) groups is 1. The summed E-state index contributed by atoms with van der Waals surface area (Å²) in [5, 5.41) is 0.302. The molecule has 2 heterocycles. The molecule has 0 aromatic heterocycles. The minimum Gasteiger partial charge on any atom is -0.490 e. The number of hydrogen-bond acceptors (Lipinski definition) is 4. The molecule has 2 N–H and O–H groups in total. The first-order chi connectivity index (χ1) is 12.3. The molecule has 0 aliphatic carbocycles. The Hall–Kier alpha value is -2.60. The van der Waals surface area contributed by atoms with Crippen LogP contribution in [-0.2, 0) is 10.3 Å². The zero-order chi connectivity index (χ0) is 18.6. The average molecular weight is 374 g/mol. The molecule has 0 saturated heterocycles. The smallest absolute Gasteiger partial charge is 0.261 e. The molecule has 0 bridgehead atoms. The van der Waals surface area contributed by atoms with Crippen LogP contribution >= 0.6 is 11.6 Å². The zero-order valence-electron chi connectivity index (χ0n) is 14.3. The lowest BCUT2D eigenvalue weighted by atomic mass is 9.81. The van der Waals surface area contributed by atoms with Gasteiger partial charge in [-0.3, -0.25) is 9.69 Å². The van der Waals surface area contributed by atoms with Crippen molar-refractivity contribution < 1.29 is 13.9 Å². The highest BCUT2D eigenvalue weighted by Crippen LogP contribution is 2.47. The van der Waals surface area contributed by atoms with Gasteiger partial charge in [-0.25, -0.2) is 9.38 Å². The van der Waals surface area contributed by atoms with Crippen LogP contribution in [0.3, 0.4) is 0 Å². The number of rotatable bonds is 1. The fourth-order valence-electron chi connectivity index (χ4n) is 3.65. The van der Waals surface area contributed by atoms with Gasteiger partial charge in [-0.05, 0) is 48.4 Å². The van der Waals surface area contributed by atoms with E-state index in [2.05, 4.69) is 4.99 Å². The van der Waals surface area contributed by atoms with Crippen LogP contribution in [-0.4, -0.2) is 29.9 Å². The van der Waals surface area contributed by atoms with Gasteiger partial charge in [0, 0.05) is 24.1 Å². The van der Waals surface area contributed by atoms with Gasteiger partial charge in [0.05, 0.1) is 6.10 Å². The van der Waals surface area contributed by atoms with Crippen LogP contribution in [0.25, 0.3) is 11.1 Å². The minimum atomic E-state index is -1.11. The molecule has 4 rings (SSSR count). The number of ether oxygens (including phenoxy) is 1. The van der Waals surface area contributed by atoms with Gasteiger partial charge in [-0.2, -0.15) is 0 Å². The first-order valence-corrected chi connectivity index (χ1v) is 8.59. The molecule has 26 heavy (non-hydrogen) atoms. The topological polar surface area (TPSA) is 67.9 Å². The first-order valence-electron chi connectivity index (χ1n) is 8.21. The van der Waals surface area contributed by atoms with Gasteiger partial charge in [0.2, 0.25) is 0 Å². The normalized spacial score (nSPS) is 24.5. The fraction of sp³-hybridized carbons (Fsp3) is 0.263. The Kier molecular flexibility index (Phi) is 3.70. The van der Waals surface area contributed by atoms with Gasteiger partial charge in [-0.15, -0.1) is 0 Å². The molecule has 0 radical (unpaired) electrons. The van der Waals surface area contributed by atoms with Crippen LogP contribution in [0.5, 0.6) is 5.75 Å². The van der Waals surface area contributed by atoms with Gasteiger partial charge in [0.15, 0.2) is 11.5 Å². The molecule has 1 amide bonds. The van der Waals surface area contributed by atoms with E-state index in [0.29, 0.717) is 28.3 Å². The van der Waals surface area contributed by atoms with Crippen molar-refractivity contribution in [3.63, 3.8) is 0 Å². The van der Waals surface area contributed by atoms with Crippen LogP contribution in [0.1, 0.15) is 18.9 Å². The van der Waals surface area contributed by atoms with E-state index >= 15 is 0 Å². The summed E-state index contributed by atoms with van der Waals surface area (Å²) in [6.07, 6.45) is 0.195. The van der Waals surface area contributed by atoms with Gasteiger partial charge in [-0.1, -0.05) is 17.7 Å². The van der Waals surface area contributed by atoms with Gasteiger partial charge in [0.1, 0.15) is 11.6 Å². The monoisotopic (exact) mass is 373 g/mol. The number of nitrogens with two attached hydrogens (primary N) is 1. The van der Waals surface area contributed by atoms with E-state index < -0.39 is 11.4 Å². The maximum Gasteiger partial charge on any atom is 0.261 e. The van der Waals surface area contributed by atoms with Gasteiger partial charge in [0.25, 0.3) is 5.91 Å². The van der Waals surface area contributed by atoms with E-state index in [1.807, 2.05) is 13.0 Å². The Morgan fingerprint density at radius 2 is 2.08 bits per heavy atom. The Morgan fingerprint density at radius 3 is 2.73 bits per heavy atom. The number of nitrogens with zero attached hydrogens (tertiary/aromatic N) is 2. The van der Waals surface area contributed by atoms with Crippen LogP contribution < -0.4 is 10.5 Å². The van der Waals surface area contributed by atoms with Crippen molar-refractivity contribution in [2.24, 2.45) is 10.7 Å². The number of halogens is 2. The van der Waals surface area contributed by atoms with Crippen LogP contribution in [0.2, 0.25) is 5.02 Å². The van der Waals surface area contributed by atoms with Gasteiger partial charge < -0.3 is 10.5 Å². The van der Waals surface area contributed by atoms with E-state index in [1.54, 1.807) is 25.2 Å². The van der Waals surface area contributed by atoms with E-state index in [9.17, 15) is 9.18 Å². The summed E-state index contributed by atoms with van der Waals surface area (Å²) in [4.78, 5) is 18.8. The summed E-state index contributed by atoms with van der Waals surface area (Å²) in [7, 11) is 1.60. The number of hydrogen-bond donors (Lipinski definition) is 1. The molecule has 0 fully saturated rings. The molecule has 1 spiro atoms. The van der Waals surface area contributed by atoms with Crippen LogP contribution in [0, 0.1) is 5.82 Å². The average Bonchev–Trinajstić information content (AvgIpc) is 2.78. The van der Waals surface area contributed by atoms with E-state index in [4.69, 9.17) is 22.1 Å². The molecule has 134 valence electrons. The summed E-state index contributed by atoms with van der Waals surface area (Å²) in [5.74, 6) is 0.133. The summed E-state index contributed by atoms with van der Waals surface area (Å²) in [6.45, 7) is 1.89. The van der Waals surface area contributed by atoms with Crippen molar-refractivity contribution in [1.29, 1.82) is 0 Å². The molecule has 2 aromatic carbocycles. The fourth-order valence-corrected chi connectivity index (χ4v) is 3.87. The predicted octanol–water partition coefficient (Wildman–Crippen LogP) is 3.30. The number of fused-ring (bicyclic) bond motifs is 2. The summed E-state index contributed by atoms with van der Waals surface area (Å²) >= 11 is 5.98. The highest BCUT2D eigenvalue weighted by atomic mass is 35.5. The van der Waals surface area contributed by atoms with Crippen molar-refractivity contribution >= 4 is 23.5 Å². The van der Waals surface area contributed by atoms with Crippen LogP contribution in [0.15, 0.2) is 41.4 Å². The number of amides is 1. The van der Waals surface area contributed by atoms with E-state index in [1.165, 1.54) is 17.0 Å². The highest BCUT2D eigenvalue weighted by Gasteiger charge is 2.52. The third kappa shape index (κ3) is 2.44. The molecule has 2 aliphatic rings. The van der Waals surface area contributed by atoms with Crippen molar-refractivity contribution in [2.45, 2.75) is 25.0 Å². The molecular formula is C19H17ClFN3O2. The van der Waals surface area contributed by atoms with Crippen molar-refractivity contribution in [1.82, 2.24) is 4.90 Å². The molecule has 5 nitrogen and oxygen atoms in total. The van der Waals surface area contributed by atoms with Crippen LogP contribution in [0.4, 0.5) is 4.39 Å². The minimum absolute atomic E-state index is 0.175. The Balaban J connectivity index is 1.91. The van der Waals surface area contributed by atoms with E-state index in [-0.39, 0.29) is 18.0 Å². The maximum atomic E-state index is 13.8. The SMILES string of the molecule is CC1CC2(N=C(N)N(C)C2=O)c2cc(-c3cc(F)cc(Cl)c3)ccc2O1. The number of likely N-dealkylation sites (N-methyl/N-ethyl adjacent to an activating group) is 1. The Morgan fingerprint density at radius 1 is 1.31 bits per heavy atom. The lowest BCUT2D eigenvalue weighted by Gasteiger charge is -2.35. The number of guanidine groups is 1. The molecule has 7 heteroatoms. The second-order valence-corrected chi connectivity index (χ2v) is 7.13. The third-order valence-corrected chi connectivity index (χ3v) is 5.06. The van der Waals surface area contributed by atoms with Gasteiger partial charge >= 0.3 is 0 Å². The number of benzene rings is 2. The highest BCUT2D eigenvalue weighted by molar-refractivity contribution is 6.30. The molecular weight excluding hydrogens is 357 g/mol. The van der Waals surface area contributed by atoms with Crippen molar-refractivity contribution in [2.75, 3.05) is 7.05 Å². The molecule has 2 aliphatic heterocycles.